The number of esters is 1. The van der Waals surface area contributed by atoms with Crippen LogP contribution in [0.4, 0.5) is 0 Å². The highest BCUT2D eigenvalue weighted by Gasteiger charge is 2.26. The summed E-state index contributed by atoms with van der Waals surface area (Å²) in [6.07, 6.45) is 25.6. The van der Waals surface area contributed by atoms with E-state index >= 15 is 0 Å². The predicted molar refractivity (Wildman–Crippen MR) is 178 cm³/mol. The van der Waals surface area contributed by atoms with E-state index < -0.39 is 13.9 Å². The van der Waals surface area contributed by atoms with Crippen LogP contribution in [0.2, 0.25) is 0 Å². The normalized spacial score (nSPS) is 14.1. The predicted octanol–water partition coefficient (Wildman–Crippen LogP) is 9.38. The van der Waals surface area contributed by atoms with Gasteiger partial charge in [-0.3, -0.25) is 13.8 Å². The molecule has 0 aliphatic carbocycles. The van der Waals surface area contributed by atoms with E-state index in [-0.39, 0.29) is 25.8 Å². The van der Waals surface area contributed by atoms with Crippen LogP contribution < -0.4 is 0 Å². The molecule has 0 fully saturated rings. The van der Waals surface area contributed by atoms with Gasteiger partial charge in [0.2, 0.25) is 0 Å². The number of carbonyl (C=O) groups is 1. The summed E-state index contributed by atoms with van der Waals surface area (Å²) >= 11 is 0. The first-order valence-electron chi connectivity index (χ1n) is 17.8. The Hall–Kier alpha value is -0.500. The number of hydrogen-bond donors (Lipinski definition) is 1. The fourth-order valence-electron chi connectivity index (χ4n) is 4.85. The van der Waals surface area contributed by atoms with Crippen LogP contribution in [0, 0.1) is 0 Å². The smallest absolute Gasteiger partial charge is 0.457 e. The molecule has 0 saturated carbocycles. The number of phosphoric ester groups is 1. The van der Waals surface area contributed by atoms with Gasteiger partial charge in [0.1, 0.15) is 19.3 Å². The Morgan fingerprint density at radius 1 is 0.628 bits per heavy atom. The fraction of sp³-hybridized carbons (Fsp3) is 0.971. The van der Waals surface area contributed by atoms with Gasteiger partial charge in [0, 0.05) is 13.0 Å². The fourth-order valence-corrected chi connectivity index (χ4v) is 5.59. The lowest BCUT2D eigenvalue weighted by molar-refractivity contribution is -0.870. The Kier molecular flexibility index (Phi) is 28.6. The topological polar surface area (TPSA) is 91.3 Å². The Morgan fingerprint density at radius 3 is 1.53 bits per heavy atom. The molecule has 8 nitrogen and oxygen atoms in total. The zero-order valence-corrected chi connectivity index (χ0v) is 29.9. The molecule has 2 atom stereocenters. The third-order valence-electron chi connectivity index (χ3n) is 7.67. The molecule has 43 heavy (non-hydrogen) atoms. The summed E-state index contributed by atoms with van der Waals surface area (Å²) in [6.45, 7) is 5.60. The van der Waals surface area contributed by atoms with E-state index in [1.807, 2.05) is 21.1 Å². The number of carbonyl (C=O) groups excluding carboxylic acids is 1. The van der Waals surface area contributed by atoms with E-state index in [9.17, 15) is 14.3 Å². The van der Waals surface area contributed by atoms with Crippen molar-refractivity contribution in [2.75, 3.05) is 54.1 Å². The molecule has 0 aromatic rings. The van der Waals surface area contributed by atoms with Crippen molar-refractivity contribution >= 4 is 13.8 Å². The van der Waals surface area contributed by atoms with Crippen molar-refractivity contribution in [3.63, 3.8) is 0 Å². The Labute approximate surface area is 266 Å². The average Bonchev–Trinajstić information content (AvgIpc) is 2.94. The number of phosphoric acid groups is 1. The minimum absolute atomic E-state index is 0.0929. The van der Waals surface area contributed by atoms with Crippen LogP contribution in [0.1, 0.15) is 155 Å². The molecule has 0 aliphatic heterocycles. The van der Waals surface area contributed by atoms with Gasteiger partial charge in [0.15, 0.2) is 0 Å². The Balaban J connectivity index is 4.24. The Morgan fingerprint density at radius 2 is 1.07 bits per heavy atom. The maximum absolute atomic E-state index is 12.5. The largest absolute Gasteiger partial charge is 0.472 e. The standard InChI is InChI=1S/C34H70NO7P/c1-6-8-10-12-14-15-16-17-18-19-20-21-23-25-27-34(36)42-33(31-39-29-26-24-22-13-11-9-7-2)32-41-43(37,38)40-30-28-35(3,4)5/h33H,6-32H2,1-5H3/p+1. The van der Waals surface area contributed by atoms with Gasteiger partial charge in [0.25, 0.3) is 0 Å². The van der Waals surface area contributed by atoms with Gasteiger partial charge in [-0.05, 0) is 12.8 Å². The van der Waals surface area contributed by atoms with Gasteiger partial charge in [0.05, 0.1) is 34.4 Å². The lowest BCUT2D eigenvalue weighted by Gasteiger charge is -2.24. The minimum atomic E-state index is -4.25. The van der Waals surface area contributed by atoms with Gasteiger partial charge < -0.3 is 18.9 Å². The number of nitrogens with zero attached hydrogens (tertiary/aromatic N) is 1. The molecule has 9 heteroatoms. The highest BCUT2D eigenvalue weighted by atomic mass is 31.2. The van der Waals surface area contributed by atoms with Crippen LogP contribution >= 0.6 is 7.82 Å². The molecule has 2 unspecified atom stereocenters. The van der Waals surface area contributed by atoms with Gasteiger partial charge in [-0.2, -0.15) is 0 Å². The molecule has 0 heterocycles. The van der Waals surface area contributed by atoms with Gasteiger partial charge >= 0.3 is 13.8 Å². The average molecular weight is 637 g/mol. The SMILES string of the molecule is CCCCCCCCCCCCCCCCC(=O)OC(COCCCCCCCCC)COP(=O)(O)OCC[N+](C)(C)C. The maximum atomic E-state index is 12.5. The third kappa shape index (κ3) is 32.7. The number of quaternary nitrogens is 1. The van der Waals surface area contributed by atoms with Crippen molar-refractivity contribution in [3.8, 4) is 0 Å². The number of unbranched alkanes of at least 4 members (excludes halogenated alkanes) is 19. The van der Waals surface area contributed by atoms with Crippen molar-refractivity contribution in [3.05, 3.63) is 0 Å². The monoisotopic (exact) mass is 636 g/mol. The van der Waals surface area contributed by atoms with E-state index in [1.54, 1.807) is 0 Å². The van der Waals surface area contributed by atoms with E-state index in [0.29, 0.717) is 24.1 Å². The van der Waals surface area contributed by atoms with Crippen LogP contribution in [0.15, 0.2) is 0 Å². The molecule has 258 valence electrons. The van der Waals surface area contributed by atoms with Crippen LogP contribution in [0.5, 0.6) is 0 Å². The second-order valence-corrected chi connectivity index (χ2v) is 14.7. The van der Waals surface area contributed by atoms with Gasteiger partial charge in [-0.25, -0.2) is 4.57 Å². The highest BCUT2D eigenvalue weighted by Crippen LogP contribution is 2.43. The summed E-state index contributed by atoms with van der Waals surface area (Å²) in [5, 5.41) is 0. The first-order chi connectivity index (χ1) is 20.6. The number of ether oxygens (including phenoxy) is 2. The number of rotatable bonds is 33. The quantitative estimate of drug-likeness (QED) is 0.0332. The zero-order chi connectivity index (χ0) is 32.1. The van der Waals surface area contributed by atoms with Gasteiger partial charge in [-0.15, -0.1) is 0 Å². The van der Waals surface area contributed by atoms with E-state index in [1.165, 1.54) is 103 Å². The summed E-state index contributed by atoms with van der Waals surface area (Å²) in [6, 6.07) is 0. The van der Waals surface area contributed by atoms with E-state index in [4.69, 9.17) is 18.5 Å². The number of hydrogen-bond acceptors (Lipinski definition) is 6. The van der Waals surface area contributed by atoms with Crippen LogP contribution in [-0.2, 0) is 27.9 Å². The lowest BCUT2D eigenvalue weighted by Crippen LogP contribution is -2.37. The molecular formula is C34H71NO7P+. The summed E-state index contributed by atoms with van der Waals surface area (Å²) in [7, 11) is 1.68. The molecule has 0 aromatic heterocycles. The van der Waals surface area contributed by atoms with Crippen LogP contribution in [0.3, 0.4) is 0 Å². The second-order valence-electron chi connectivity index (χ2n) is 13.3. The first kappa shape index (κ1) is 42.5. The molecular weight excluding hydrogens is 565 g/mol. The van der Waals surface area contributed by atoms with Crippen molar-refractivity contribution in [1.82, 2.24) is 0 Å². The lowest BCUT2D eigenvalue weighted by atomic mass is 10.0. The first-order valence-corrected chi connectivity index (χ1v) is 19.3. The molecule has 0 bridgehead atoms. The van der Waals surface area contributed by atoms with E-state index in [0.717, 1.165) is 32.1 Å². The summed E-state index contributed by atoms with van der Waals surface area (Å²) < 4.78 is 34.6. The molecule has 0 amide bonds. The molecule has 1 N–H and O–H groups in total. The van der Waals surface area contributed by atoms with Crippen LogP contribution in [0.25, 0.3) is 0 Å². The van der Waals surface area contributed by atoms with Crippen molar-refractivity contribution < 1.29 is 37.3 Å². The summed E-state index contributed by atoms with van der Waals surface area (Å²) in [5.74, 6) is -0.314. The minimum Gasteiger partial charge on any atom is -0.457 e. The highest BCUT2D eigenvalue weighted by molar-refractivity contribution is 7.47. The van der Waals surface area contributed by atoms with Crippen molar-refractivity contribution in [2.45, 2.75) is 161 Å². The maximum Gasteiger partial charge on any atom is 0.472 e. The Bertz CT molecular complexity index is 672. The van der Waals surface area contributed by atoms with Gasteiger partial charge in [-0.1, -0.05) is 136 Å². The molecule has 0 rings (SSSR count). The molecule has 0 radical (unpaired) electrons. The van der Waals surface area contributed by atoms with Crippen molar-refractivity contribution in [1.29, 1.82) is 0 Å². The third-order valence-corrected chi connectivity index (χ3v) is 8.65. The second kappa shape index (κ2) is 28.9. The summed E-state index contributed by atoms with van der Waals surface area (Å²) in [4.78, 5) is 22.6. The molecule has 0 aromatic carbocycles. The van der Waals surface area contributed by atoms with E-state index in [2.05, 4.69) is 13.8 Å². The molecule has 0 aliphatic rings. The van der Waals surface area contributed by atoms with Crippen LogP contribution in [-0.4, -0.2) is 75.6 Å². The zero-order valence-electron chi connectivity index (χ0n) is 29.0. The summed E-state index contributed by atoms with van der Waals surface area (Å²) in [5.41, 5.74) is 0. The molecule has 0 spiro atoms. The molecule has 0 saturated heterocycles. The number of likely N-dealkylation sites (N-methyl/N-ethyl adjacent to an activating group) is 1. The van der Waals surface area contributed by atoms with Crippen molar-refractivity contribution in [2.24, 2.45) is 0 Å².